The Morgan fingerprint density at radius 2 is 1.07 bits per heavy atom. The molecule has 0 bridgehead atoms. The second-order valence-electron chi connectivity index (χ2n) is 12.3. The third kappa shape index (κ3) is 17.2. The Bertz CT molecular complexity index is 1220. The summed E-state index contributed by atoms with van der Waals surface area (Å²) < 4.78 is 0. The topological polar surface area (TPSA) is 24.7 Å². The molecule has 2 rings (SSSR count). The molecule has 0 aromatic heterocycles. The molecule has 0 N–H and O–H groups in total. The first-order valence-corrected chi connectivity index (χ1v) is 17.4. The summed E-state index contributed by atoms with van der Waals surface area (Å²) >= 11 is 0. The van der Waals surface area contributed by atoms with E-state index in [1.54, 1.807) is 0 Å². The molecule has 0 spiro atoms. The van der Waals surface area contributed by atoms with Crippen LogP contribution in [0.1, 0.15) is 145 Å². The molecule has 0 aliphatic heterocycles. The van der Waals surface area contributed by atoms with Gasteiger partial charge in [-0.3, -0.25) is 0 Å². The molecule has 2 aromatic carbocycles. The average Bonchev–Trinajstić information content (AvgIpc) is 2.99. The van der Waals surface area contributed by atoms with Crippen LogP contribution in [0.3, 0.4) is 0 Å². The smallest absolute Gasteiger partial charge is 0.139 e. The summed E-state index contributed by atoms with van der Waals surface area (Å²) in [5.41, 5.74) is 8.56. The molecule has 0 heterocycles. The predicted molar refractivity (Wildman–Crippen MR) is 193 cm³/mol. The van der Waals surface area contributed by atoms with Gasteiger partial charge in [0.1, 0.15) is 5.71 Å². The first-order valence-electron chi connectivity index (χ1n) is 17.4. The molecule has 0 fully saturated rings. The van der Waals surface area contributed by atoms with E-state index in [1.165, 1.54) is 112 Å². The molecule has 2 aromatic rings. The van der Waals surface area contributed by atoms with Gasteiger partial charge in [0.2, 0.25) is 0 Å². The predicted octanol–water partition coefficient (Wildman–Crippen LogP) is 13.0. The SMILES string of the molecule is CCCCCCCCC/C=C/C(=Nc1ccc(C)c(C)c1)C(C#CCCCCCCCCCC)=Nc1ccc(C)c(C)c1.[Ni]. The fourth-order valence-electron chi connectivity index (χ4n) is 5.08. The van der Waals surface area contributed by atoms with E-state index in [2.05, 4.69) is 102 Å². The number of allylic oxidation sites excluding steroid dienone is 2. The van der Waals surface area contributed by atoms with Crippen molar-refractivity contribution in [1.29, 1.82) is 0 Å². The molecule has 0 amide bonds. The monoisotopic (exact) mass is 638 g/mol. The van der Waals surface area contributed by atoms with Gasteiger partial charge in [0.25, 0.3) is 0 Å². The van der Waals surface area contributed by atoms with Crippen LogP contribution in [0.15, 0.2) is 58.5 Å². The molecule has 44 heavy (non-hydrogen) atoms. The van der Waals surface area contributed by atoms with Crippen molar-refractivity contribution in [2.45, 2.75) is 151 Å². The van der Waals surface area contributed by atoms with Crippen molar-refractivity contribution in [2.75, 3.05) is 0 Å². The summed E-state index contributed by atoms with van der Waals surface area (Å²) in [4.78, 5) is 10.2. The van der Waals surface area contributed by atoms with E-state index in [4.69, 9.17) is 9.98 Å². The fraction of sp³-hybridized carbons (Fsp3) is 0.561. The Balaban J connectivity index is 0.00000968. The molecule has 0 atom stereocenters. The zero-order valence-corrected chi connectivity index (χ0v) is 29.8. The third-order valence-corrected chi connectivity index (χ3v) is 8.33. The molecule has 0 unspecified atom stereocenters. The van der Waals surface area contributed by atoms with Gasteiger partial charge in [-0.15, -0.1) is 0 Å². The summed E-state index contributed by atoms with van der Waals surface area (Å²) in [5.74, 6) is 6.94. The number of aliphatic imine (C=N–C) groups is 2. The van der Waals surface area contributed by atoms with Gasteiger partial charge in [0.05, 0.1) is 17.1 Å². The Kier molecular flexibility index (Phi) is 22.4. The van der Waals surface area contributed by atoms with Crippen LogP contribution in [0.5, 0.6) is 0 Å². The summed E-state index contributed by atoms with van der Waals surface area (Å²) in [5, 5.41) is 0. The van der Waals surface area contributed by atoms with Crippen LogP contribution >= 0.6 is 0 Å². The van der Waals surface area contributed by atoms with E-state index < -0.39 is 0 Å². The number of hydrogen-bond acceptors (Lipinski definition) is 2. The Morgan fingerprint density at radius 3 is 1.59 bits per heavy atom. The van der Waals surface area contributed by atoms with Gasteiger partial charge in [-0.25, -0.2) is 9.98 Å². The molecule has 0 aliphatic carbocycles. The van der Waals surface area contributed by atoms with E-state index >= 15 is 0 Å². The van der Waals surface area contributed by atoms with Gasteiger partial charge >= 0.3 is 0 Å². The van der Waals surface area contributed by atoms with Gasteiger partial charge in [0.15, 0.2) is 0 Å². The molecule has 3 heteroatoms. The van der Waals surface area contributed by atoms with Crippen molar-refractivity contribution in [1.82, 2.24) is 0 Å². The zero-order valence-electron chi connectivity index (χ0n) is 28.9. The van der Waals surface area contributed by atoms with Crippen LogP contribution in [0.25, 0.3) is 0 Å². The maximum atomic E-state index is 5.13. The maximum absolute atomic E-state index is 5.13. The molecule has 0 radical (unpaired) electrons. The molecule has 0 aliphatic rings. The Hall–Kier alpha value is -2.43. The fourth-order valence-corrected chi connectivity index (χ4v) is 5.08. The normalized spacial score (nSPS) is 11.9. The molecular formula is C41H60N2Ni. The Morgan fingerprint density at radius 1 is 0.591 bits per heavy atom. The maximum Gasteiger partial charge on any atom is 0.139 e. The van der Waals surface area contributed by atoms with Crippen LogP contribution in [0.4, 0.5) is 11.4 Å². The Labute approximate surface area is 281 Å². The standard InChI is InChI=1S/C41H60N2.Ni/c1-7-9-11-13-15-17-19-21-23-25-27-41(43-39-31-29-35(4)37(6)33-39)40(42-38-30-28-34(3)36(5)32-38)26-24-22-20-18-16-14-12-10-8-2;/h24,26,28-33H,7-23H2,1-6H3;/b26-24+,42-40?,43-41?;. The second kappa shape index (κ2) is 24.8. The molecular weight excluding hydrogens is 579 g/mol. The quantitative estimate of drug-likeness (QED) is 0.0596. The second-order valence-corrected chi connectivity index (χ2v) is 12.3. The molecule has 0 saturated carbocycles. The molecule has 0 saturated heterocycles. The summed E-state index contributed by atoms with van der Waals surface area (Å²) in [6, 6.07) is 12.8. The van der Waals surface area contributed by atoms with Crippen LogP contribution in [0.2, 0.25) is 0 Å². The number of hydrogen-bond donors (Lipinski definition) is 0. The van der Waals surface area contributed by atoms with Crippen molar-refractivity contribution < 1.29 is 16.5 Å². The van der Waals surface area contributed by atoms with Crippen LogP contribution < -0.4 is 0 Å². The van der Waals surface area contributed by atoms with Gasteiger partial charge in [-0.1, -0.05) is 121 Å². The average molecular weight is 640 g/mol. The van der Waals surface area contributed by atoms with Gasteiger partial charge in [-0.2, -0.15) is 0 Å². The van der Waals surface area contributed by atoms with Crippen LogP contribution in [-0.4, -0.2) is 11.4 Å². The van der Waals surface area contributed by atoms with Gasteiger partial charge in [0, 0.05) is 22.9 Å². The number of benzene rings is 2. The number of unbranched alkanes of at least 4 members (excludes halogenated alkanes) is 15. The van der Waals surface area contributed by atoms with E-state index in [9.17, 15) is 0 Å². The van der Waals surface area contributed by atoms with E-state index in [1.807, 2.05) is 0 Å². The van der Waals surface area contributed by atoms with Crippen molar-refractivity contribution in [3.63, 3.8) is 0 Å². The zero-order chi connectivity index (χ0) is 31.1. The van der Waals surface area contributed by atoms with Crippen molar-refractivity contribution in [2.24, 2.45) is 9.98 Å². The summed E-state index contributed by atoms with van der Waals surface area (Å²) in [6.07, 6.45) is 26.1. The molecule has 244 valence electrons. The van der Waals surface area contributed by atoms with Crippen molar-refractivity contribution in [3.05, 3.63) is 70.8 Å². The van der Waals surface area contributed by atoms with Crippen LogP contribution in [0, 0.1) is 39.5 Å². The van der Waals surface area contributed by atoms with Gasteiger partial charge < -0.3 is 0 Å². The van der Waals surface area contributed by atoms with Crippen LogP contribution in [-0.2, 0) is 16.5 Å². The van der Waals surface area contributed by atoms with Crippen molar-refractivity contribution in [3.8, 4) is 11.8 Å². The number of rotatable bonds is 20. The first kappa shape index (κ1) is 39.6. The van der Waals surface area contributed by atoms with Gasteiger partial charge in [-0.05, 0) is 105 Å². The van der Waals surface area contributed by atoms with E-state index in [-0.39, 0.29) is 16.5 Å². The largest absolute Gasteiger partial charge is 0.246 e. The van der Waals surface area contributed by atoms with E-state index in [0.717, 1.165) is 42.1 Å². The minimum Gasteiger partial charge on any atom is -0.246 e. The number of nitrogens with zero attached hydrogens (tertiary/aromatic N) is 2. The minimum atomic E-state index is 0. The summed E-state index contributed by atoms with van der Waals surface area (Å²) in [7, 11) is 0. The third-order valence-electron chi connectivity index (χ3n) is 8.33. The number of aryl methyl sites for hydroxylation is 4. The first-order chi connectivity index (χ1) is 20.9. The summed E-state index contributed by atoms with van der Waals surface area (Å²) in [6.45, 7) is 13.1. The van der Waals surface area contributed by atoms with E-state index in [0.29, 0.717) is 0 Å². The molecule has 2 nitrogen and oxygen atoms in total. The van der Waals surface area contributed by atoms with Crippen molar-refractivity contribution >= 4 is 22.8 Å². The minimum absolute atomic E-state index is 0.